The molecule has 0 N–H and O–H groups in total. The van der Waals surface area contributed by atoms with Gasteiger partial charge in [-0.3, -0.25) is 0 Å². The van der Waals surface area contributed by atoms with Crippen molar-refractivity contribution in [1.29, 1.82) is 0 Å². The van der Waals surface area contributed by atoms with Crippen molar-refractivity contribution >= 4 is 43.4 Å². The van der Waals surface area contributed by atoms with E-state index >= 15 is 0 Å². The maximum Gasteiger partial charge on any atom is 0.166 e. The predicted molar refractivity (Wildman–Crippen MR) is 211 cm³/mol. The molecule has 0 amide bonds. The van der Waals surface area contributed by atoms with Gasteiger partial charge in [-0.25, -0.2) is 15.0 Å². The summed E-state index contributed by atoms with van der Waals surface area (Å²) >= 11 is 0. The van der Waals surface area contributed by atoms with Crippen LogP contribution in [-0.2, 0) is 0 Å². The Morgan fingerprint density at radius 3 is 1.43 bits per heavy atom. The molecule has 0 saturated heterocycles. The third kappa shape index (κ3) is 4.80. The smallest absolute Gasteiger partial charge is 0.166 e. The lowest BCUT2D eigenvalue weighted by atomic mass is 9.96. The average Bonchev–Trinajstić information content (AvgIpc) is 3.57. The van der Waals surface area contributed by atoms with Crippen molar-refractivity contribution in [3.63, 3.8) is 0 Å². The summed E-state index contributed by atoms with van der Waals surface area (Å²) in [5.41, 5.74) is 8.36. The monoisotopic (exact) mass is 650 g/mol. The minimum Gasteiger partial charge on any atom is -0.308 e. The van der Waals surface area contributed by atoms with Gasteiger partial charge in [-0.2, -0.15) is 0 Å². The SMILES string of the molecule is c1ccc(-c2ccc(-c3nc(-c4ccccc4)nc(-c4ccccc4)n3)c(-n3c4ccccc4c4c5ccccc5c5ccccc5c43)c2)cc1. The molecule has 0 fully saturated rings. The molecule has 10 aromatic rings. The lowest BCUT2D eigenvalue weighted by Crippen LogP contribution is -2.04. The topological polar surface area (TPSA) is 43.6 Å². The summed E-state index contributed by atoms with van der Waals surface area (Å²) in [5, 5.41) is 7.35. The van der Waals surface area contributed by atoms with Gasteiger partial charge in [-0.05, 0) is 45.5 Å². The van der Waals surface area contributed by atoms with E-state index in [9.17, 15) is 0 Å². The highest BCUT2D eigenvalue weighted by molar-refractivity contribution is 6.32. The zero-order valence-corrected chi connectivity index (χ0v) is 27.6. The van der Waals surface area contributed by atoms with E-state index in [1.807, 2.05) is 36.4 Å². The van der Waals surface area contributed by atoms with E-state index in [0.717, 1.165) is 44.5 Å². The molecular weight excluding hydrogens is 621 g/mol. The first-order valence-electron chi connectivity index (χ1n) is 17.2. The number of fused-ring (bicyclic) bond motifs is 8. The standard InChI is InChI=1S/C47H30N4/c1-4-16-31(17-5-1)34-28-29-40(47-49-45(32-18-6-2-7-19-32)48-46(50-47)33-20-8-3-9-21-33)42(30-34)51-41-27-15-14-26-39(41)43-37-24-12-10-22-35(37)36-23-11-13-25-38(36)44(43)51/h1-30H. The molecule has 2 heterocycles. The van der Waals surface area contributed by atoms with Crippen molar-refractivity contribution < 1.29 is 0 Å². The maximum atomic E-state index is 5.21. The summed E-state index contributed by atoms with van der Waals surface area (Å²) < 4.78 is 2.44. The molecule has 0 saturated carbocycles. The molecule has 0 bridgehead atoms. The van der Waals surface area contributed by atoms with Gasteiger partial charge in [0.2, 0.25) is 0 Å². The molecule has 51 heavy (non-hydrogen) atoms. The number of para-hydroxylation sites is 1. The number of rotatable bonds is 5. The molecule has 0 atom stereocenters. The molecule has 0 radical (unpaired) electrons. The molecule has 0 aliphatic carbocycles. The number of nitrogens with zero attached hydrogens (tertiary/aromatic N) is 4. The molecule has 2 aromatic heterocycles. The second-order valence-electron chi connectivity index (χ2n) is 12.8. The van der Waals surface area contributed by atoms with Crippen molar-refractivity contribution in [3.8, 4) is 51.0 Å². The Morgan fingerprint density at radius 1 is 0.333 bits per heavy atom. The van der Waals surface area contributed by atoms with Gasteiger partial charge in [0.25, 0.3) is 0 Å². The summed E-state index contributed by atoms with van der Waals surface area (Å²) in [6.45, 7) is 0. The molecule has 4 nitrogen and oxygen atoms in total. The second kappa shape index (κ2) is 11.9. The second-order valence-corrected chi connectivity index (χ2v) is 12.8. The molecule has 238 valence electrons. The fraction of sp³-hybridized carbons (Fsp3) is 0. The van der Waals surface area contributed by atoms with Crippen molar-refractivity contribution in [1.82, 2.24) is 19.5 Å². The van der Waals surface area contributed by atoms with Crippen LogP contribution in [0.2, 0.25) is 0 Å². The minimum absolute atomic E-state index is 0.619. The Bertz CT molecular complexity index is 2840. The Labute approximate surface area is 295 Å². The Morgan fingerprint density at radius 2 is 0.804 bits per heavy atom. The number of aromatic nitrogens is 4. The average molecular weight is 651 g/mol. The van der Waals surface area contributed by atoms with Crippen LogP contribution in [0.25, 0.3) is 94.3 Å². The van der Waals surface area contributed by atoms with Gasteiger partial charge in [0.1, 0.15) is 0 Å². The van der Waals surface area contributed by atoms with Gasteiger partial charge in [-0.15, -0.1) is 0 Å². The van der Waals surface area contributed by atoms with Crippen LogP contribution >= 0.6 is 0 Å². The molecule has 0 aliphatic rings. The first-order chi connectivity index (χ1) is 25.3. The zero-order valence-electron chi connectivity index (χ0n) is 27.6. The van der Waals surface area contributed by atoms with Crippen LogP contribution in [0.3, 0.4) is 0 Å². The number of hydrogen-bond acceptors (Lipinski definition) is 3. The zero-order chi connectivity index (χ0) is 33.7. The van der Waals surface area contributed by atoms with Crippen molar-refractivity contribution in [2.24, 2.45) is 0 Å². The van der Waals surface area contributed by atoms with Crippen LogP contribution in [0, 0.1) is 0 Å². The van der Waals surface area contributed by atoms with E-state index in [1.54, 1.807) is 0 Å². The highest BCUT2D eigenvalue weighted by Crippen LogP contribution is 2.44. The van der Waals surface area contributed by atoms with Crippen LogP contribution in [0.4, 0.5) is 0 Å². The fourth-order valence-electron chi connectivity index (χ4n) is 7.52. The van der Waals surface area contributed by atoms with Gasteiger partial charge >= 0.3 is 0 Å². The van der Waals surface area contributed by atoms with E-state index in [0.29, 0.717) is 17.5 Å². The molecule has 0 unspecified atom stereocenters. The maximum absolute atomic E-state index is 5.21. The van der Waals surface area contributed by atoms with Crippen molar-refractivity contribution in [2.45, 2.75) is 0 Å². The molecular formula is C47H30N4. The lowest BCUT2D eigenvalue weighted by Gasteiger charge is -2.17. The molecule has 10 rings (SSSR count). The Kier molecular flexibility index (Phi) is 6.78. The van der Waals surface area contributed by atoms with E-state index in [1.165, 1.54) is 32.3 Å². The summed E-state index contributed by atoms with van der Waals surface area (Å²) in [6.07, 6.45) is 0. The number of hydrogen-bond donors (Lipinski definition) is 0. The van der Waals surface area contributed by atoms with Gasteiger partial charge < -0.3 is 4.57 Å². The van der Waals surface area contributed by atoms with Gasteiger partial charge in [-0.1, -0.05) is 164 Å². The number of benzene rings is 8. The summed E-state index contributed by atoms with van der Waals surface area (Å²) in [7, 11) is 0. The Balaban J connectivity index is 1.36. The van der Waals surface area contributed by atoms with Crippen LogP contribution < -0.4 is 0 Å². The quantitative estimate of drug-likeness (QED) is 0.174. The van der Waals surface area contributed by atoms with Crippen LogP contribution in [-0.4, -0.2) is 19.5 Å². The van der Waals surface area contributed by atoms with Crippen molar-refractivity contribution in [3.05, 3.63) is 182 Å². The highest BCUT2D eigenvalue weighted by Gasteiger charge is 2.23. The largest absolute Gasteiger partial charge is 0.308 e. The van der Waals surface area contributed by atoms with Crippen molar-refractivity contribution in [2.75, 3.05) is 0 Å². The fourth-order valence-corrected chi connectivity index (χ4v) is 7.52. The summed E-state index contributed by atoms with van der Waals surface area (Å²) in [4.78, 5) is 15.4. The summed E-state index contributed by atoms with van der Waals surface area (Å²) in [6, 6.07) is 63.9. The highest BCUT2D eigenvalue weighted by atomic mass is 15.1. The van der Waals surface area contributed by atoms with E-state index in [4.69, 9.17) is 15.0 Å². The lowest BCUT2D eigenvalue weighted by molar-refractivity contribution is 1.06. The Hall–Kier alpha value is -6.91. The van der Waals surface area contributed by atoms with Gasteiger partial charge in [0.05, 0.1) is 16.7 Å². The molecule has 8 aromatic carbocycles. The van der Waals surface area contributed by atoms with Crippen LogP contribution in [0.1, 0.15) is 0 Å². The molecule has 0 spiro atoms. The van der Waals surface area contributed by atoms with E-state index < -0.39 is 0 Å². The third-order valence-electron chi connectivity index (χ3n) is 9.83. The van der Waals surface area contributed by atoms with E-state index in [2.05, 4.69) is 150 Å². The normalized spacial score (nSPS) is 11.5. The van der Waals surface area contributed by atoms with Crippen LogP contribution in [0.15, 0.2) is 182 Å². The first-order valence-corrected chi connectivity index (χ1v) is 17.2. The van der Waals surface area contributed by atoms with Gasteiger partial charge in [0, 0.05) is 32.8 Å². The van der Waals surface area contributed by atoms with Gasteiger partial charge in [0.15, 0.2) is 17.5 Å². The predicted octanol–water partition coefficient (Wildman–Crippen LogP) is 11.9. The molecule has 4 heteroatoms. The van der Waals surface area contributed by atoms with E-state index in [-0.39, 0.29) is 0 Å². The third-order valence-corrected chi connectivity index (χ3v) is 9.83. The summed E-state index contributed by atoms with van der Waals surface area (Å²) in [5.74, 6) is 1.89. The first kappa shape index (κ1) is 29.0. The molecule has 0 aliphatic heterocycles. The van der Waals surface area contributed by atoms with Crippen LogP contribution in [0.5, 0.6) is 0 Å². The minimum atomic E-state index is 0.619.